The van der Waals surface area contributed by atoms with E-state index in [2.05, 4.69) is 15.9 Å². The first-order valence-corrected chi connectivity index (χ1v) is 9.50. The highest BCUT2D eigenvalue weighted by Crippen LogP contribution is 2.34. The number of alkyl halides is 1. The van der Waals surface area contributed by atoms with E-state index in [-0.39, 0.29) is 11.8 Å². The summed E-state index contributed by atoms with van der Waals surface area (Å²) in [7, 11) is 0. The molecule has 126 valence electrons. The monoisotopic (exact) mass is 406 g/mol. The van der Waals surface area contributed by atoms with Crippen LogP contribution in [0.1, 0.15) is 41.0 Å². The van der Waals surface area contributed by atoms with Crippen molar-refractivity contribution in [1.82, 2.24) is 0 Å². The predicted octanol–water partition coefficient (Wildman–Crippen LogP) is 5.43. The molecule has 0 radical (unpaired) electrons. The van der Waals surface area contributed by atoms with Gasteiger partial charge in [-0.05, 0) is 42.8 Å². The summed E-state index contributed by atoms with van der Waals surface area (Å²) in [6, 6.07) is 15.5. The Morgan fingerprint density at radius 1 is 1.08 bits per heavy atom. The van der Waals surface area contributed by atoms with Gasteiger partial charge in [0.25, 0.3) is 0 Å². The zero-order chi connectivity index (χ0) is 17.5. The number of hydrogen-bond donors (Lipinski definition) is 0. The number of rotatable bonds is 7. The lowest BCUT2D eigenvalue weighted by Gasteiger charge is -2.15. The number of ketones is 1. The van der Waals surface area contributed by atoms with Crippen molar-refractivity contribution < 1.29 is 14.3 Å². The number of carbonyl (C=O) groups is 2. The molecular weight excluding hydrogens is 388 g/mol. The second kappa shape index (κ2) is 9.04. The van der Waals surface area contributed by atoms with Crippen LogP contribution >= 0.6 is 27.7 Å². The van der Waals surface area contributed by atoms with Crippen LogP contribution < -0.4 is 0 Å². The van der Waals surface area contributed by atoms with Crippen molar-refractivity contribution >= 4 is 39.4 Å². The lowest BCUT2D eigenvalue weighted by atomic mass is 9.99. The first-order chi connectivity index (χ1) is 11.6. The summed E-state index contributed by atoms with van der Waals surface area (Å²) in [5.41, 5.74) is 1.21. The fourth-order valence-corrected chi connectivity index (χ4v) is 3.62. The van der Waals surface area contributed by atoms with Gasteiger partial charge in [0.1, 0.15) is 4.83 Å². The van der Waals surface area contributed by atoms with Gasteiger partial charge in [-0.15, -0.1) is 0 Å². The van der Waals surface area contributed by atoms with Gasteiger partial charge in [-0.1, -0.05) is 52.8 Å². The molecule has 1 unspecified atom stereocenters. The SMILES string of the molecule is CCOC(=O)C(Br)c1cc(Sc2ccccc2)ccc1C(=O)CC. The molecule has 5 heteroatoms. The molecule has 0 saturated heterocycles. The Morgan fingerprint density at radius 3 is 2.42 bits per heavy atom. The van der Waals surface area contributed by atoms with Crippen LogP contribution in [0.2, 0.25) is 0 Å². The molecule has 0 aromatic heterocycles. The number of ether oxygens (including phenoxy) is 1. The van der Waals surface area contributed by atoms with Crippen molar-refractivity contribution in [1.29, 1.82) is 0 Å². The zero-order valence-electron chi connectivity index (χ0n) is 13.6. The average Bonchev–Trinajstić information content (AvgIpc) is 2.61. The van der Waals surface area contributed by atoms with E-state index in [0.29, 0.717) is 24.2 Å². The van der Waals surface area contributed by atoms with Crippen LogP contribution in [-0.4, -0.2) is 18.4 Å². The Labute approximate surface area is 154 Å². The number of halogens is 1. The van der Waals surface area contributed by atoms with Crippen molar-refractivity contribution in [3.63, 3.8) is 0 Å². The minimum absolute atomic E-state index is 0.00927. The minimum atomic E-state index is -0.653. The first kappa shape index (κ1) is 18.7. The zero-order valence-corrected chi connectivity index (χ0v) is 16.0. The molecule has 2 aromatic rings. The molecule has 2 aromatic carbocycles. The first-order valence-electron chi connectivity index (χ1n) is 7.77. The summed E-state index contributed by atoms with van der Waals surface area (Å²) >= 11 is 4.97. The van der Waals surface area contributed by atoms with Gasteiger partial charge in [-0.2, -0.15) is 0 Å². The fourth-order valence-electron chi connectivity index (χ4n) is 2.23. The molecule has 0 saturated carbocycles. The smallest absolute Gasteiger partial charge is 0.324 e. The predicted molar refractivity (Wildman–Crippen MR) is 99.9 cm³/mol. The van der Waals surface area contributed by atoms with Gasteiger partial charge in [0.15, 0.2) is 5.78 Å². The van der Waals surface area contributed by atoms with Gasteiger partial charge in [0, 0.05) is 21.8 Å². The van der Waals surface area contributed by atoms with Gasteiger partial charge >= 0.3 is 5.97 Å². The molecule has 0 aliphatic rings. The van der Waals surface area contributed by atoms with E-state index in [4.69, 9.17) is 4.74 Å². The molecule has 0 fully saturated rings. The third kappa shape index (κ3) is 4.71. The van der Waals surface area contributed by atoms with Gasteiger partial charge in [0.2, 0.25) is 0 Å². The number of Topliss-reactive ketones (excluding diaryl/α,β-unsaturated/α-hetero) is 1. The maximum atomic E-state index is 12.2. The Kier molecular flexibility index (Phi) is 7.06. The summed E-state index contributed by atoms with van der Waals surface area (Å²) in [5.74, 6) is -0.375. The molecule has 0 aliphatic carbocycles. The van der Waals surface area contributed by atoms with Crippen LogP contribution in [-0.2, 0) is 9.53 Å². The van der Waals surface area contributed by atoms with Crippen molar-refractivity contribution in [2.45, 2.75) is 34.9 Å². The topological polar surface area (TPSA) is 43.4 Å². The molecule has 0 heterocycles. The molecule has 3 nitrogen and oxygen atoms in total. The van der Waals surface area contributed by atoms with Gasteiger partial charge in [0.05, 0.1) is 6.61 Å². The van der Waals surface area contributed by atoms with Crippen molar-refractivity contribution in [2.24, 2.45) is 0 Å². The standard InChI is InChI=1S/C19H19BrO3S/c1-3-17(21)15-11-10-14(24-13-8-6-5-7-9-13)12-16(15)18(20)19(22)23-4-2/h5-12,18H,3-4H2,1-2H3. The maximum absolute atomic E-state index is 12.2. The highest BCUT2D eigenvalue weighted by atomic mass is 79.9. The number of hydrogen-bond acceptors (Lipinski definition) is 4. The number of esters is 1. The largest absolute Gasteiger partial charge is 0.465 e. The molecule has 0 aliphatic heterocycles. The van der Waals surface area contributed by atoms with Crippen molar-refractivity contribution in [3.8, 4) is 0 Å². The Bertz CT molecular complexity index is 716. The van der Waals surface area contributed by atoms with E-state index in [0.717, 1.165) is 9.79 Å². The molecule has 1 atom stereocenters. The quantitative estimate of drug-likeness (QED) is 0.349. The Hall–Kier alpha value is -1.59. The van der Waals surface area contributed by atoms with E-state index in [9.17, 15) is 9.59 Å². The summed E-state index contributed by atoms with van der Waals surface area (Å²) in [5, 5.41) is 0. The molecule has 24 heavy (non-hydrogen) atoms. The fraction of sp³-hybridized carbons (Fsp3) is 0.263. The third-order valence-corrected chi connectivity index (χ3v) is 5.25. The summed E-state index contributed by atoms with van der Waals surface area (Å²) < 4.78 is 5.08. The van der Waals surface area contributed by atoms with Gasteiger partial charge in [-0.3, -0.25) is 9.59 Å². The van der Waals surface area contributed by atoms with Crippen LogP contribution in [0.4, 0.5) is 0 Å². The Morgan fingerprint density at radius 2 is 1.79 bits per heavy atom. The van der Waals surface area contributed by atoms with Crippen molar-refractivity contribution in [3.05, 3.63) is 59.7 Å². The molecule has 2 rings (SSSR count). The summed E-state index contributed by atoms with van der Waals surface area (Å²) in [6.07, 6.45) is 0.390. The molecule has 0 N–H and O–H groups in total. The van der Waals surface area contributed by atoms with Gasteiger partial charge < -0.3 is 4.74 Å². The maximum Gasteiger partial charge on any atom is 0.324 e. The minimum Gasteiger partial charge on any atom is -0.465 e. The molecule has 0 amide bonds. The van der Waals surface area contributed by atoms with Crippen LogP contribution in [0.3, 0.4) is 0 Å². The van der Waals surface area contributed by atoms with Crippen LogP contribution in [0.25, 0.3) is 0 Å². The average molecular weight is 407 g/mol. The summed E-state index contributed by atoms with van der Waals surface area (Å²) in [6.45, 7) is 3.88. The van der Waals surface area contributed by atoms with E-state index < -0.39 is 4.83 Å². The van der Waals surface area contributed by atoms with Crippen LogP contribution in [0.15, 0.2) is 58.3 Å². The second-order valence-corrected chi connectivity index (χ2v) is 7.12. The highest BCUT2D eigenvalue weighted by Gasteiger charge is 2.24. The van der Waals surface area contributed by atoms with E-state index in [1.165, 1.54) is 0 Å². The highest BCUT2D eigenvalue weighted by molar-refractivity contribution is 9.09. The lowest BCUT2D eigenvalue weighted by molar-refractivity contribution is -0.142. The second-order valence-electron chi connectivity index (χ2n) is 5.06. The normalized spacial score (nSPS) is 11.8. The van der Waals surface area contributed by atoms with E-state index >= 15 is 0 Å². The van der Waals surface area contributed by atoms with Crippen LogP contribution in [0, 0.1) is 0 Å². The molecule has 0 spiro atoms. The van der Waals surface area contributed by atoms with Crippen molar-refractivity contribution in [2.75, 3.05) is 6.61 Å². The molecular formula is C19H19BrO3S. The summed E-state index contributed by atoms with van der Waals surface area (Å²) in [4.78, 5) is 25.7. The number of carbonyl (C=O) groups excluding carboxylic acids is 2. The van der Waals surface area contributed by atoms with Gasteiger partial charge in [-0.25, -0.2) is 0 Å². The van der Waals surface area contributed by atoms with Crippen LogP contribution in [0.5, 0.6) is 0 Å². The lowest BCUT2D eigenvalue weighted by Crippen LogP contribution is -2.14. The molecule has 0 bridgehead atoms. The third-order valence-electron chi connectivity index (χ3n) is 3.39. The van der Waals surface area contributed by atoms with E-state index in [1.54, 1.807) is 24.8 Å². The number of benzene rings is 2. The van der Waals surface area contributed by atoms with E-state index in [1.807, 2.05) is 49.4 Å². The Balaban J connectivity index is 2.38.